The van der Waals surface area contributed by atoms with Crippen molar-refractivity contribution in [1.29, 1.82) is 0 Å². The number of hydrogen-bond acceptors (Lipinski definition) is 3. The Morgan fingerprint density at radius 3 is 2.33 bits per heavy atom. The minimum atomic E-state index is -0.421. The van der Waals surface area contributed by atoms with E-state index in [1.54, 1.807) is 0 Å². The number of amides is 1. The molecule has 0 radical (unpaired) electrons. The Morgan fingerprint density at radius 1 is 1.33 bits per heavy atom. The lowest BCUT2D eigenvalue weighted by Gasteiger charge is -2.32. The summed E-state index contributed by atoms with van der Waals surface area (Å²) in [4.78, 5) is 11.6. The standard InChI is InChI=1S/C14H28N2O2/c1-10(9-15)11-5-7-12(8-6-11)16-13(17)18-14(2,3)4/h10-12H,5-9,15H2,1-4H3,(H,16,17). The molecular formula is C14H28N2O2. The van der Waals surface area contributed by atoms with Gasteiger partial charge in [0, 0.05) is 6.04 Å². The number of rotatable bonds is 3. The van der Waals surface area contributed by atoms with E-state index < -0.39 is 5.60 Å². The molecule has 0 aromatic rings. The second-order valence-corrected chi connectivity index (χ2v) is 6.47. The molecule has 1 unspecified atom stereocenters. The minimum Gasteiger partial charge on any atom is -0.444 e. The average molecular weight is 256 g/mol. The third kappa shape index (κ3) is 5.25. The second-order valence-electron chi connectivity index (χ2n) is 6.47. The summed E-state index contributed by atoms with van der Waals surface area (Å²) in [7, 11) is 0. The van der Waals surface area contributed by atoms with Crippen molar-refractivity contribution < 1.29 is 9.53 Å². The van der Waals surface area contributed by atoms with Crippen LogP contribution in [0.25, 0.3) is 0 Å². The molecule has 1 amide bonds. The van der Waals surface area contributed by atoms with Crippen molar-refractivity contribution in [3.8, 4) is 0 Å². The number of nitrogens with two attached hydrogens (primary N) is 1. The monoisotopic (exact) mass is 256 g/mol. The fraction of sp³-hybridized carbons (Fsp3) is 0.929. The van der Waals surface area contributed by atoms with Crippen LogP contribution in [0.3, 0.4) is 0 Å². The molecule has 0 aliphatic heterocycles. The molecule has 0 heterocycles. The lowest BCUT2D eigenvalue weighted by Crippen LogP contribution is -2.41. The van der Waals surface area contributed by atoms with Crippen molar-refractivity contribution >= 4 is 6.09 Å². The molecule has 3 N–H and O–H groups in total. The zero-order valence-corrected chi connectivity index (χ0v) is 12.2. The van der Waals surface area contributed by atoms with E-state index in [0.717, 1.165) is 32.2 Å². The molecule has 1 fully saturated rings. The third-order valence-corrected chi connectivity index (χ3v) is 3.67. The quantitative estimate of drug-likeness (QED) is 0.816. The zero-order valence-electron chi connectivity index (χ0n) is 12.2. The van der Waals surface area contributed by atoms with E-state index in [-0.39, 0.29) is 12.1 Å². The average Bonchev–Trinajstić information content (AvgIpc) is 2.26. The first kappa shape index (κ1) is 15.3. The number of hydrogen-bond donors (Lipinski definition) is 2. The first-order valence-electron chi connectivity index (χ1n) is 7.01. The molecule has 0 spiro atoms. The molecule has 0 aromatic carbocycles. The first-order valence-corrected chi connectivity index (χ1v) is 7.01. The minimum absolute atomic E-state index is 0.265. The molecule has 4 nitrogen and oxygen atoms in total. The molecular weight excluding hydrogens is 228 g/mol. The maximum Gasteiger partial charge on any atom is 0.407 e. The van der Waals surface area contributed by atoms with Gasteiger partial charge in [-0.3, -0.25) is 0 Å². The SMILES string of the molecule is CC(CN)C1CCC(NC(=O)OC(C)(C)C)CC1. The van der Waals surface area contributed by atoms with Gasteiger partial charge in [-0.15, -0.1) is 0 Å². The van der Waals surface area contributed by atoms with Gasteiger partial charge in [-0.25, -0.2) is 4.79 Å². The van der Waals surface area contributed by atoms with Crippen LogP contribution in [0.15, 0.2) is 0 Å². The Morgan fingerprint density at radius 2 is 1.89 bits per heavy atom. The number of ether oxygens (including phenoxy) is 1. The topological polar surface area (TPSA) is 64.3 Å². The second kappa shape index (κ2) is 6.41. The molecule has 0 saturated heterocycles. The van der Waals surface area contributed by atoms with Gasteiger partial charge in [0.1, 0.15) is 5.60 Å². The summed E-state index contributed by atoms with van der Waals surface area (Å²) in [5.74, 6) is 1.30. The Balaban J connectivity index is 2.29. The molecule has 1 aliphatic carbocycles. The van der Waals surface area contributed by atoms with Crippen LogP contribution in [-0.2, 0) is 4.74 Å². The van der Waals surface area contributed by atoms with Gasteiger partial charge in [-0.1, -0.05) is 6.92 Å². The van der Waals surface area contributed by atoms with Crippen molar-refractivity contribution in [3.63, 3.8) is 0 Å². The molecule has 1 saturated carbocycles. The van der Waals surface area contributed by atoms with E-state index in [4.69, 9.17) is 10.5 Å². The third-order valence-electron chi connectivity index (χ3n) is 3.67. The highest BCUT2D eigenvalue weighted by atomic mass is 16.6. The van der Waals surface area contributed by atoms with Crippen molar-refractivity contribution in [2.45, 2.75) is 65.0 Å². The predicted molar refractivity (Wildman–Crippen MR) is 73.3 cm³/mol. The number of carbonyl (C=O) groups excluding carboxylic acids is 1. The maximum absolute atomic E-state index is 11.6. The van der Waals surface area contributed by atoms with E-state index in [2.05, 4.69) is 12.2 Å². The van der Waals surface area contributed by atoms with E-state index in [1.807, 2.05) is 20.8 Å². The fourth-order valence-corrected chi connectivity index (χ4v) is 2.50. The summed E-state index contributed by atoms with van der Waals surface area (Å²) >= 11 is 0. The van der Waals surface area contributed by atoms with Gasteiger partial charge < -0.3 is 15.8 Å². The highest BCUT2D eigenvalue weighted by molar-refractivity contribution is 5.68. The molecule has 4 heteroatoms. The van der Waals surface area contributed by atoms with Crippen molar-refractivity contribution in [2.24, 2.45) is 17.6 Å². The number of nitrogens with one attached hydrogen (secondary N) is 1. The van der Waals surface area contributed by atoms with Crippen molar-refractivity contribution in [2.75, 3.05) is 6.54 Å². The van der Waals surface area contributed by atoms with Gasteiger partial charge in [-0.05, 0) is 64.8 Å². The summed E-state index contributed by atoms with van der Waals surface area (Å²) < 4.78 is 5.27. The lowest BCUT2D eigenvalue weighted by molar-refractivity contribution is 0.0483. The zero-order chi connectivity index (χ0) is 13.8. The molecule has 18 heavy (non-hydrogen) atoms. The molecule has 106 valence electrons. The smallest absolute Gasteiger partial charge is 0.407 e. The summed E-state index contributed by atoms with van der Waals surface area (Å²) in [5.41, 5.74) is 5.28. The van der Waals surface area contributed by atoms with Crippen LogP contribution in [0.5, 0.6) is 0 Å². The molecule has 0 aromatic heterocycles. The van der Waals surface area contributed by atoms with Crippen LogP contribution in [0.1, 0.15) is 53.4 Å². The molecule has 1 rings (SSSR count). The van der Waals surface area contributed by atoms with Gasteiger partial charge in [0.25, 0.3) is 0 Å². The van der Waals surface area contributed by atoms with Gasteiger partial charge in [0.05, 0.1) is 0 Å². The van der Waals surface area contributed by atoms with E-state index >= 15 is 0 Å². The van der Waals surface area contributed by atoms with Crippen LogP contribution >= 0.6 is 0 Å². The lowest BCUT2D eigenvalue weighted by atomic mass is 9.79. The van der Waals surface area contributed by atoms with Gasteiger partial charge >= 0.3 is 6.09 Å². The predicted octanol–water partition coefficient (Wildman–Crippen LogP) is 2.66. The Labute approximate surface area is 111 Å². The van der Waals surface area contributed by atoms with E-state index in [1.165, 1.54) is 0 Å². The van der Waals surface area contributed by atoms with E-state index in [0.29, 0.717) is 11.8 Å². The van der Waals surface area contributed by atoms with Crippen LogP contribution in [0.2, 0.25) is 0 Å². The Kier molecular flexibility index (Phi) is 5.45. The number of carbonyl (C=O) groups is 1. The van der Waals surface area contributed by atoms with Gasteiger partial charge in [0.2, 0.25) is 0 Å². The first-order chi connectivity index (χ1) is 8.31. The van der Waals surface area contributed by atoms with Crippen molar-refractivity contribution in [1.82, 2.24) is 5.32 Å². The fourth-order valence-electron chi connectivity index (χ4n) is 2.50. The highest BCUT2D eigenvalue weighted by Gasteiger charge is 2.26. The molecule has 1 atom stereocenters. The summed E-state index contributed by atoms with van der Waals surface area (Å²) in [6.45, 7) is 8.62. The molecule has 1 aliphatic rings. The summed E-state index contributed by atoms with van der Waals surface area (Å²) in [5, 5.41) is 2.96. The number of alkyl carbamates (subject to hydrolysis) is 1. The highest BCUT2D eigenvalue weighted by Crippen LogP contribution is 2.29. The Bertz CT molecular complexity index is 265. The van der Waals surface area contributed by atoms with Crippen LogP contribution in [-0.4, -0.2) is 24.3 Å². The van der Waals surface area contributed by atoms with Gasteiger partial charge in [-0.2, -0.15) is 0 Å². The molecule has 0 bridgehead atoms. The van der Waals surface area contributed by atoms with Crippen molar-refractivity contribution in [3.05, 3.63) is 0 Å². The van der Waals surface area contributed by atoms with Gasteiger partial charge in [0.15, 0.2) is 0 Å². The normalized spacial score (nSPS) is 26.5. The maximum atomic E-state index is 11.6. The van der Waals surface area contributed by atoms with Crippen LogP contribution in [0.4, 0.5) is 4.79 Å². The van der Waals surface area contributed by atoms with Crippen LogP contribution in [0, 0.1) is 11.8 Å². The Hall–Kier alpha value is -0.770. The summed E-state index contributed by atoms with van der Waals surface area (Å²) in [6, 6.07) is 0.265. The van der Waals surface area contributed by atoms with E-state index in [9.17, 15) is 4.79 Å². The van der Waals surface area contributed by atoms with Crippen LogP contribution < -0.4 is 11.1 Å². The summed E-state index contributed by atoms with van der Waals surface area (Å²) in [6.07, 6.45) is 4.08. The largest absolute Gasteiger partial charge is 0.444 e.